The number of hydrogen-bond acceptors (Lipinski definition) is 5. The molecule has 0 aliphatic rings. The van der Waals surface area contributed by atoms with E-state index < -0.39 is 5.91 Å². The van der Waals surface area contributed by atoms with Gasteiger partial charge in [-0.2, -0.15) is 0 Å². The van der Waals surface area contributed by atoms with Gasteiger partial charge in [-0.1, -0.05) is 13.0 Å². The smallest absolute Gasteiger partial charge is 0.250 e. The molecule has 8 nitrogen and oxygen atoms in total. The number of primary amides is 1. The highest BCUT2D eigenvalue weighted by atomic mass is 16.1. The number of carbonyl (C=O) groups excluding carboxylic acids is 1. The van der Waals surface area contributed by atoms with Gasteiger partial charge in [0.25, 0.3) is 5.91 Å². The average Bonchev–Trinajstić information content (AvgIpc) is 3.46. The second-order valence-electron chi connectivity index (χ2n) is 9.72. The van der Waals surface area contributed by atoms with E-state index in [0.29, 0.717) is 22.5 Å². The lowest BCUT2D eigenvalue weighted by Gasteiger charge is -2.24. The Bertz CT molecular complexity index is 1470. The molecule has 2 aromatic carbocycles. The SMILES string of the molecule is CCc1cn(-c2ccc(C(N)=O)c(NC(C)(C)C)c2)c2cccc(-n3cnc(/C(C=N)=C/NC)c3)c12. The van der Waals surface area contributed by atoms with Crippen molar-refractivity contribution in [3.63, 3.8) is 0 Å². The molecule has 0 radical (unpaired) electrons. The summed E-state index contributed by atoms with van der Waals surface area (Å²) in [4.78, 5) is 16.6. The maximum Gasteiger partial charge on any atom is 0.250 e. The normalized spacial score (nSPS) is 12.1. The largest absolute Gasteiger partial charge is 0.393 e. The second-order valence-corrected chi connectivity index (χ2v) is 9.72. The van der Waals surface area contributed by atoms with Crippen LogP contribution in [0.4, 0.5) is 5.69 Å². The zero-order chi connectivity index (χ0) is 26.0. The Balaban J connectivity index is 1.88. The third-order valence-electron chi connectivity index (χ3n) is 5.94. The minimum atomic E-state index is -0.463. The van der Waals surface area contributed by atoms with E-state index in [0.717, 1.165) is 28.7 Å². The highest BCUT2D eigenvalue weighted by Gasteiger charge is 2.19. The molecular formula is C28H33N7O. The molecule has 4 aromatic rings. The number of amides is 1. The quantitative estimate of drug-likeness (QED) is 0.267. The van der Waals surface area contributed by atoms with E-state index in [4.69, 9.17) is 11.1 Å². The van der Waals surface area contributed by atoms with Gasteiger partial charge in [0.2, 0.25) is 0 Å². The zero-order valence-electron chi connectivity index (χ0n) is 21.4. The first-order chi connectivity index (χ1) is 17.2. The van der Waals surface area contributed by atoms with Crippen LogP contribution in [0.5, 0.6) is 0 Å². The van der Waals surface area contributed by atoms with Crippen LogP contribution in [0.15, 0.2) is 61.3 Å². The molecule has 1 amide bonds. The molecule has 0 aliphatic carbocycles. The van der Waals surface area contributed by atoms with Crippen LogP contribution in [-0.4, -0.2) is 38.8 Å². The lowest BCUT2D eigenvalue weighted by atomic mass is 10.1. The summed E-state index contributed by atoms with van der Waals surface area (Å²) in [6, 6.07) is 11.9. The molecular weight excluding hydrogens is 450 g/mol. The summed E-state index contributed by atoms with van der Waals surface area (Å²) >= 11 is 0. The van der Waals surface area contributed by atoms with Gasteiger partial charge in [0.15, 0.2) is 0 Å². The van der Waals surface area contributed by atoms with E-state index in [1.807, 2.05) is 49.7 Å². The number of hydrogen-bond donors (Lipinski definition) is 4. The molecule has 0 fully saturated rings. The van der Waals surface area contributed by atoms with Gasteiger partial charge < -0.3 is 30.9 Å². The van der Waals surface area contributed by atoms with Gasteiger partial charge in [0.1, 0.15) is 0 Å². The topological polar surface area (TPSA) is 114 Å². The molecule has 186 valence electrons. The number of fused-ring (bicyclic) bond motifs is 1. The summed E-state index contributed by atoms with van der Waals surface area (Å²) in [5.41, 5.74) is 12.2. The molecule has 0 saturated heterocycles. The van der Waals surface area contributed by atoms with Crippen LogP contribution in [0.25, 0.3) is 27.9 Å². The second kappa shape index (κ2) is 9.73. The Morgan fingerprint density at radius 2 is 1.97 bits per heavy atom. The number of nitrogens with two attached hydrogens (primary N) is 1. The van der Waals surface area contributed by atoms with E-state index >= 15 is 0 Å². The Morgan fingerprint density at radius 3 is 2.61 bits per heavy atom. The number of rotatable bonds is 8. The van der Waals surface area contributed by atoms with Gasteiger partial charge in [-0.05, 0) is 63.1 Å². The van der Waals surface area contributed by atoms with Crippen LogP contribution in [0.2, 0.25) is 0 Å². The predicted octanol–water partition coefficient (Wildman–Crippen LogP) is 4.90. The van der Waals surface area contributed by atoms with Crippen LogP contribution in [0.3, 0.4) is 0 Å². The molecule has 2 heterocycles. The summed E-state index contributed by atoms with van der Waals surface area (Å²) in [5, 5.41) is 15.2. The Morgan fingerprint density at radius 1 is 1.19 bits per heavy atom. The third kappa shape index (κ3) is 4.75. The lowest BCUT2D eigenvalue weighted by Crippen LogP contribution is -2.28. The van der Waals surface area contributed by atoms with Crippen LogP contribution in [-0.2, 0) is 6.42 Å². The first-order valence-electron chi connectivity index (χ1n) is 11.9. The van der Waals surface area contributed by atoms with Crippen molar-refractivity contribution >= 4 is 34.3 Å². The van der Waals surface area contributed by atoms with Crippen molar-refractivity contribution in [1.82, 2.24) is 19.4 Å². The number of carbonyl (C=O) groups is 1. The fraction of sp³-hybridized carbons (Fsp3) is 0.250. The van der Waals surface area contributed by atoms with Crippen LogP contribution in [0.1, 0.15) is 49.3 Å². The number of allylic oxidation sites excluding steroid dienone is 1. The molecule has 0 bridgehead atoms. The number of benzene rings is 2. The van der Waals surface area contributed by atoms with Crippen molar-refractivity contribution in [2.24, 2.45) is 5.73 Å². The van der Waals surface area contributed by atoms with Crippen molar-refractivity contribution in [2.75, 3.05) is 12.4 Å². The number of imidazole rings is 1. The molecule has 0 aliphatic heterocycles. The van der Waals surface area contributed by atoms with E-state index in [9.17, 15) is 4.79 Å². The van der Waals surface area contributed by atoms with E-state index in [-0.39, 0.29) is 5.54 Å². The average molecular weight is 484 g/mol. The van der Waals surface area contributed by atoms with Gasteiger partial charge in [-0.15, -0.1) is 0 Å². The maximum atomic E-state index is 12.1. The van der Waals surface area contributed by atoms with Gasteiger partial charge in [-0.25, -0.2) is 4.98 Å². The maximum absolute atomic E-state index is 12.1. The fourth-order valence-electron chi connectivity index (χ4n) is 4.40. The van der Waals surface area contributed by atoms with Gasteiger partial charge in [0.05, 0.1) is 28.8 Å². The van der Waals surface area contributed by atoms with Crippen LogP contribution in [0, 0.1) is 5.41 Å². The summed E-state index contributed by atoms with van der Waals surface area (Å²) in [6.07, 6.45) is 9.76. The highest BCUT2D eigenvalue weighted by molar-refractivity contribution is 6.07. The van der Waals surface area contributed by atoms with Crippen molar-refractivity contribution in [3.05, 3.63) is 78.1 Å². The number of aryl methyl sites for hydroxylation is 1. The molecule has 0 saturated carbocycles. The molecule has 2 aromatic heterocycles. The Kier molecular flexibility index (Phi) is 6.70. The monoisotopic (exact) mass is 483 g/mol. The van der Waals surface area contributed by atoms with Crippen LogP contribution >= 0.6 is 0 Å². The fourth-order valence-corrected chi connectivity index (χ4v) is 4.40. The number of aromatic nitrogens is 3. The van der Waals surface area contributed by atoms with Crippen molar-refractivity contribution in [2.45, 2.75) is 39.7 Å². The van der Waals surface area contributed by atoms with Gasteiger partial charge in [-0.3, -0.25) is 4.79 Å². The lowest BCUT2D eigenvalue weighted by molar-refractivity contribution is 0.100. The summed E-state index contributed by atoms with van der Waals surface area (Å²) in [5.74, 6) is -0.463. The van der Waals surface area contributed by atoms with Crippen molar-refractivity contribution in [3.8, 4) is 11.4 Å². The number of anilines is 1. The molecule has 8 heteroatoms. The number of nitrogens with one attached hydrogen (secondary N) is 3. The highest BCUT2D eigenvalue weighted by Crippen LogP contribution is 2.33. The minimum Gasteiger partial charge on any atom is -0.393 e. The molecule has 0 unspecified atom stereocenters. The molecule has 5 N–H and O–H groups in total. The number of nitrogens with zero attached hydrogens (tertiary/aromatic N) is 3. The molecule has 0 spiro atoms. The standard InChI is InChI=1S/C28H33N7O/c1-6-18-15-35(20-10-11-21(27(30)36)22(12-20)33-28(2,3)4)25-9-7-8-24(26(18)25)34-16-23(32-17-34)19(13-29)14-31-5/h7-17,29,31,33H,6H2,1-5H3,(H2,30,36)/b19-14+,29-13?. The summed E-state index contributed by atoms with van der Waals surface area (Å²) in [7, 11) is 1.80. The Labute approximate surface area is 211 Å². The van der Waals surface area contributed by atoms with E-state index in [1.165, 1.54) is 11.8 Å². The minimum absolute atomic E-state index is 0.237. The molecule has 4 rings (SSSR count). The van der Waals surface area contributed by atoms with Crippen molar-refractivity contribution in [1.29, 1.82) is 5.41 Å². The summed E-state index contributed by atoms with van der Waals surface area (Å²) < 4.78 is 4.15. The van der Waals surface area contributed by atoms with Gasteiger partial charge >= 0.3 is 0 Å². The van der Waals surface area contributed by atoms with E-state index in [1.54, 1.807) is 25.6 Å². The van der Waals surface area contributed by atoms with Crippen molar-refractivity contribution < 1.29 is 4.79 Å². The molecule has 36 heavy (non-hydrogen) atoms. The van der Waals surface area contributed by atoms with E-state index in [2.05, 4.69) is 45.4 Å². The predicted molar refractivity (Wildman–Crippen MR) is 147 cm³/mol. The zero-order valence-corrected chi connectivity index (χ0v) is 21.4. The third-order valence-corrected chi connectivity index (χ3v) is 5.94. The van der Waals surface area contributed by atoms with Gasteiger partial charge in [0, 0.05) is 59.7 Å². The van der Waals surface area contributed by atoms with Crippen LogP contribution < -0.4 is 16.4 Å². The first-order valence-corrected chi connectivity index (χ1v) is 11.9. The summed E-state index contributed by atoms with van der Waals surface area (Å²) in [6.45, 7) is 8.28. The Hall–Kier alpha value is -4.33. The molecule has 0 atom stereocenters. The first kappa shape index (κ1) is 24.8.